The van der Waals surface area contributed by atoms with E-state index < -0.39 is 10.0 Å². The van der Waals surface area contributed by atoms with E-state index in [4.69, 9.17) is 11.6 Å². The highest BCUT2D eigenvalue weighted by Crippen LogP contribution is 2.27. The topological polar surface area (TPSA) is 49.4 Å². The first-order valence-corrected chi connectivity index (χ1v) is 9.10. The van der Waals surface area contributed by atoms with Gasteiger partial charge in [-0.15, -0.1) is 0 Å². The second kappa shape index (κ2) is 6.08. The SMILES string of the molecule is O=S(=O)(/C=C/c1ccc(Cl)cc1)N1C[C@@H]2CCCN[C@@H]2C1. The van der Waals surface area contributed by atoms with Gasteiger partial charge in [0.2, 0.25) is 10.0 Å². The van der Waals surface area contributed by atoms with Gasteiger partial charge in [-0.2, -0.15) is 4.31 Å². The van der Waals surface area contributed by atoms with E-state index >= 15 is 0 Å². The first kappa shape index (κ1) is 15.0. The molecule has 0 radical (unpaired) electrons. The quantitative estimate of drug-likeness (QED) is 0.927. The van der Waals surface area contributed by atoms with Crippen LogP contribution in [0.1, 0.15) is 18.4 Å². The van der Waals surface area contributed by atoms with Crippen LogP contribution < -0.4 is 5.32 Å². The molecule has 2 aliphatic rings. The molecular weight excluding hydrogens is 308 g/mol. The molecule has 0 bridgehead atoms. The van der Waals surface area contributed by atoms with Crippen molar-refractivity contribution in [3.05, 3.63) is 40.3 Å². The van der Waals surface area contributed by atoms with Gasteiger partial charge in [0, 0.05) is 29.6 Å². The van der Waals surface area contributed by atoms with Gasteiger partial charge in [0.15, 0.2) is 0 Å². The molecule has 2 heterocycles. The molecule has 6 heteroatoms. The van der Waals surface area contributed by atoms with Gasteiger partial charge in [-0.3, -0.25) is 0 Å². The molecule has 1 aromatic carbocycles. The minimum absolute atomic E-state index is 0.317. The van der Waals surface area contributed by atoms with Crippen molar-refractivity contribution in [3.63, 3.8) is 0 Å². The summed E-state index contributed by atoms with van der Waals surface area (Å²) >= 11 is 5.82. The number of nitrogens with zero attached hydrogens (tertiary/aromatic N) is 1. The summed E-state index contributed by atoms with van der Waals surface area (Å²) in [5.74, 6) is 0.456. The van der Waals surface area contributed by atoms with Crippen molar-refractivity contribution in [2.45, 2.75) is 18.9 Å². The zero-order valence-electron chi connectivity index (χ0n) is 11.7. The monoisotopic (exact) mass is 326 g/mol. The van der Waals surface area contributed by atoms with E-state index in [1.54, 1.807) is 34.6 Å². The molecule has 1 N–H and O–H groups in total. The third-order valence-corrected chi connectivity index (χ3v) is 5.98. The van der Waals surface area contributed by atoms with Crippen LogP contribution in [-0.2, 0) is 10.0 Å². The Hall–Kier alpha value is -0.880. The highest BCUT2D eigenvalue weighted by Gasteiger charge is 2.38. The number of hydrogen-bond donors (Lipinski definition) is 1. The Morgan fingerprint density at radius 3 is 2.71 bits per heavy atom. The van der Waals surface area contributed by atoms with Crippen molar-refractivity contribution in [2.24, 2.45) is 5.92 Å². The Labute approximate surface area is 130 Å². The third kappa shape index (κ3) is 3.48. The molecule has 0 saturated carbocycles. The van der Waals surface area contributed by atoms with Crippen LogP contribution in [0.2, 0.25) is 5.02 Å². The second-order valence-electron chi connectivity index (χ2n) is 5.68. The van der Waals surface area contributed by atoms with Crippen molar-refractivity contribution >= 4 is 27.7 Å². The fraction of sp³-hybridized carbons (Fsp3) is 0.467. The van der Waals surface area contributed by atoms with Crippen LogP contribution in [0.15, 0.2) is 29.7 Å². The van der Waals surface area contributed by atoms with Crippen LogP contribution >= 0.6 is 11.6 Å². The molecule has 0 aliphatic carbocycles. The van der Waals surface area contributed by atoms with Gasteiger partial charge < -0.3 is 5.32 Å². The van der Waals surface area contributed by atoms with Crippen LogP contribution in [0, 0.1) is 5.92 Å². The van der Waals surface area contributed by atoms with Gasteiger partial charge in [0.05, 0.1) is 0 Å². The molecule has 21 heavy (non-hydrogen) atoms. The molecule has 1 aromatic rings. The van der Waals surface area contributed by atoms with E-state index in [0.717, 1.165) is 24.9 Å². The molecule has 2 saturated heterocycles. The van der Waals surface area contributed by atoms with E-state index in [9.17, 15) is 8.42 Å². The number of sulfonamides is 1. The zero-order valence-corrected chi connectivity index (χ0v) is 13.3. The van der Waals surface area contributed by atoms with Crippen LogP contribution in [-0.4, -0.2) is 38.4 Å². The maximum atomic E-state index is 12.4. The molecule has 0 unspecified atom stereocenters. The van der Waals surface area contributed by atoms with Gasteiger partial charge in [-0.05, 0) is 49.1 Å². The Bertz CT molecular complexity index is 614. The molecule has 2 fully saturated rings. The highest BCUT2D eigenvalue weighted by atomic mass is 35.5. The summed E-state index contributed by atoms with van der Waals surface area (Å²) in [7, 11) is -3.35. The maximum absolute atomic E-state index is 12.4. The summed E-state index contributed by atoms with van der Waals surface area (Å²) in [6, 6.07) is 7.43. The maximum Gasteiger partial charge on any atom is 0.236 e. The van der Waals surface area contributed by atoms with Crippen LogP contribution in [0.25, 0.3) is 6.08 Å². The molecule has 2 aliphatic heterocycles. The van der Waals surface area contributed by atoms with Gasteiger partial charge in [-0.1, -0.05) is 23.7 Å². The van der Waals surface area contributed by atoms with Gasteiger partial charge in [-0.25, -0.2) is 8.42 Å². The Morgan fingerprint density at radius 2 is 2.00 bits per heavy atom. The summed E-state index contributed by atoms with van der Waals surface area (Å²) < 4.78 is 26.4. The van der Waals surface area contributed by atoms with Crippen molar-refractivity contribution in [3.8, 4) is 0 Å². The number of benzene rings is 1. The van der Waals surface area contributed by atoms with Gasteiger partial charge >= 0.3 is 0 Å². The zero-order chi connectivity index (χ0) is 14.9. The lowest BCUT2D eigenvalue weighted by molar-refractivity contribution is 0.339. The number of halogens is 1. The van der Waals surface area contributed by atoms with Crippen molar-refractivity contribution in [2.75, 3.05) is 19.6 Å². The van der Waals surface area contributed by atoms with Crippen molar-refractivity contribution in [1.82, 2.24) is 9.62 Å². The predicted octanol–water partition coefficient (Wildman–Crippen LogP) is 2.32. The highest BCUT2D eigenvalue weighted by molar-refractivity contribution is 7.92. The molecule has 3 rings (SSSR count). The largest absolute Gasteiger partial charge is 0.312 e. The lowest BCUT2D eigenvalue weighted by atomic mass is 9.94. The number of hydrogen-bond acceptors (Lipinski definition) is 3. The Morgan fingerprint density at radius 1 is 1.24 bits per heavy atom. The summed E-state index contributed by atoms with van der Waals surface area (Å²) in [5, 5.41) is 5.36. The minimum Gasteiger partial charge on any atom is -0.312 e. The molecule has 2 atom stereocenters. The molecular formula is C15H19ClN2O2S. The molecule has 114 valence electrons. The predicted molar refractivity (Wildman–Crippen MR) is 85.5 cm³/mol. The molecule has 0 amide bonds. The van der Waals surface area contributed by atoms with E-state index in [-0.39, 0.29) is 0 Å². The standard InChI is InChI=1S/C15H19ClN2O2S/c16-14-5-3-12(4-6-14)7-9-21(19,20)18-10-13-2-1-8-17-15(13)11-18/h3-7,9,13,15,17H,1-2,8,10-11H2/b9-7+/t13-,15+/m0/s1. The number of rotatable bonds is 3. The summed E-state index contributed by atoms with van der Waals surface area (Å²) in [6.07, 6.45) is 3.88. The van der Waals surface area contributed by atoms with Crippen LogP contribution in [0.4, 0.5) is 0 Å². The van der Waals surface area contributed by atoms with Crippen LogP contribution in [0.5, 0.6) is 0 Å². The van der Waals surface area contributed by atoms with Crippen molar-refractivity contribution in [1.29, 1.82) is 0 Å². The molecule has 0 aromatic heterocycles. The van der Waals surface area contributed by atoms with E-state index in [2.05, 4.69) is 5.32 Å². The summed E-state index contributed by atoms with van der Waals surface area (Å²) in [5.41, 5.74) is 0.831. The van der Waals surface area contributed by atoms with Crippen LogP contribution in [0.3, 0.4) is 0 Å². The average molecular weight is 327 g/mol. The number of piperidine rings is 1. The van der Waals surface area contributed by atoms with Crippen molar-refractivity contribution < 1.29 is 8.42 Å². The second-order valence-corrected chi connectivity index (χ2v) is 7.93. The normalized spacial score (nSPS) is 27.1. The van der Waals surface area contributed by atoms with E-state index in [1.807, 2.05) is 0 Å². The third-order valence-electron chi connectivity index (χ3n) is 4.23. The lowest BCUT2D eigenvalue weighted by Crippen LogP contribution is -2.40. The summed E-state index contributed by atoms with van der Waals surface area (Å²) in [4.78, 5) is 0. The summed E-state index contributed by atoms with van der Waals surface area (Å²) in [6.45, 7) is 2.21. The Kier molecular flexibility index (Phi) is 4.36. The Balaban J connectivity index is 1.70. The van der Waals surface area contributed by atoms with E-state index in [1.165, 1.54) is 5.41 Å². The lowest BCUT2D eigenvalue weighted by Gasteiger charge is -2.24. The molecule has 4 nitrogen and oxygen atoms in total. The minimum atomic E-state index is -3.35. The van der Waals surface area contributed by atoms with E-state index in [0.29, 0.717) is 30.1 Å². The smallest absolute Gasteiger partial charge is 0.236 e. The van der Waals surface area contributed by atoms with Gasteiger partial charge in [0.1, 0.15) is 0 Å². The van der Waals surface area contributed by atoms with Gasteiger partial charge in [0.25, 0.3) is 0 Å². The molecule has 0 spiro atoms. The fourth-order valence-corrected chi connectivity index (χ4v) is 4.43. The number of fused-ring (bicyclic) bond motifs is 1. The number of nitrogens with one attached hydrogen (secondary N) is 1. The fourth-order valence-electron chi connectivity index (χ4n) is 3.04. The first-order chi connectivity index (χ1) is 10.0. The first-order valence-electron chi connectivity index (χ1n) is 7.22. The average Bonchev–Trinajstić information content (AvgIpc) is 2.91.